The Morgan fingerprint density at radius 1 is 0.846 bits per heavy atom. The Morgan fingerprint density at radius 3 is 1.92 bits per heavy atom. The van der Waals surface area contributed by atoms with Gasteiger partial charge in [0.2, 0.25) is 5.75 Å². The van der Waals surface area contributed by atoms with E-state index in [4.69, 9.17) is 37.4 Å². The Labute approximate surface area is 160 Å². The second-order valence-electron chi connectivity index (χ2n) is 4.95. The van der Waals surface area contributed by atoms with Gasteiger partial charge in [0.25, 0.3) is 11.8 Å². The van der Waals surface area contributed by atoms with Gasteiger partial charge in [-0.25, -0.2) is 0 Å². The van der Waals surface area contributed by atoms with Crippen LogP contribution >= 0.6 is 23.2 Å². The molecule has 9 heteroatoms. The summed E-state index contributed by atoms with van der Waals surface area (Å²) in [7, 11) is 4.32. The molecule has 2 amide bonds. The van der Waals surface area contributed by atoms with Gasteiger partial charge in [-0.1, -0.05) is 23.2 Å². The second-order valence-corrected chi connectivity index (χ2v) is 5.79. The van der Waals surface area contributed by atoms with Gasteiger partial charge < -0.3 is 14.2 Å². The summed E-state index contributed by atoms with van der Waals surface area (Å²) in [6.07, 6.45) is 0. The van der Waals surface area contributed by atoms with Crippen LogP contribution in [0.2, 0.25) is 10.0 Å². The van der Waals surface area contributed by atoms with E-state index >= 15 is 0 Å². The van der Waals surface area contributed by atoms with Crippen LogP contribution in [0.25, 0.3) is 0 Å². The van der Waals surface area contributed by atoms with Crippen molar-refractivity contribution in [2.24, 2.45) is 0 Å². The largest absolute Gasteiger partial charge is 0.493 e. The zero-order chi connectivity index (χ0) is 19.3. The lowest BCUT2D eigenvalue weighted by molar-refractivity contribution is 0.0846. The van der Waals surface area contributed by atoms with Gasteiger partial charge in [0.05, 0.1) is 31.9 Å². The Balaban J connectivity index is 2.16. The molecule has 0 aliphatic heterocycles. The average molecular weight is 399 g/mol. The highest BCUT2D eigenvalue weighted by atomic mass is 35.5. The molecule has 0 radical (unpaired) electrons. The van der Waals surface area contributed by atoms with Crippen molar-refractivity contribution >= 4 is 35.0 Å². The van der Waals surface area contributed by atoms with Gasteiger partial charge in [-0.05, 0) is 30.3 Å². The maximum Gasteiger partial charge on any atom is 0.271 e. The molecular formula is C17H16Cl2N2O5. The van der Waals surface area contributed by atoms with E-state index in [0.29, 0.717) is 22.3 Å². The molecular weight excluding hydrogens is 383 g/mol. The molecule has 2 N–H and O–H groups in total. The predicted molar refractivity (Wildman–Crippen MR) is 97.5 cm³/mol. The summed E-state index contributed by atoms with van der Waals surface area (Å²) < 4.78 is 15.6. The minimum absolute atomic E-state index is 0.164. The van der Waals surface area contributed by atoms with Crippen molar-refractivity contribution in [1.29, 1.82) is 0 Å². The number of carbonyl (C=O) groups excluding carboxylic acids is 2. The number of benzene rings is 2. The molecule has 0 heterocycles. The van der Waals surface area contributed by atoms with Crippen molar-refractivity contribution in [3.05, 3.63) is 51.5 Å². The van der Waals surface area contributed by atoms with E-state index in [-0.39, 0.29) is 16.1 Å². The van der Waals surface area contributed by atoms with E-state index in [2.05, 4.69) is 10.9 Å². The number of nitrogens with one attached hydrogen (secondary N) is 2. The summed E-state index contributed by atoms with van der Waals surface area (Å²) in [5.41, 5.74) is 4.94. The molecule has 7 nitrogen and oxygen atoms in total. The summed E-state index contributed by atoms with van der Waals surface area (Å²) in [6, 6.07) is 7.31. The van der Waals surface area contributed by atoms with Crippen molar-refractivity contribution in [3.8, 4) is 17.2 Å². The normalized spacial score (nSPS) is 10.0. The molecule has 0 aliphatic rings. The molecule has 2 aromatic rings. The number of carbonyl (C=O) groups is 2. The molecule has 0 saturated carbocycles. The standard InChI is InChI=1S/C17H16Cl2N2O5/c1-24-13-6-9(7-14(25-2)15(13)26-3)16(22)20-21-17(23)11-5-4-10(18)8-12(11)19/h4-8H,1-3H3,(H,20,22)(H,21,23). The first-order valence-electron chi connectivity index (χ1n) is 7.27. The maximum atomic E-state index is 12.3. The summed E-state index contributed by atoms with van der Waals surface area (Å²) in [4.78, 5) is 24.5. The second kappa shape index (κ2) is 8.64. The van der Waals surface area contributed by atoms with Gasteiger partial charge in [0.15, 0.2) is 11.5 Å². The first kappa shape index (κ1) is 19.7. The zero-order valence-corrected chi connectivity index (χ0v) is 15.7. The fourth-order valence-electron chi connectivity index (χ4n) is 2.14. The lowest BCUT2D eigenvalue weighted by atomic mass is 10.1. The molecule has 26 heavy (non-hydrogen) atoms. The SMILES string of the molecule is COc1cc(C(=O)NNC(=O)c2ccc(Cl)cc2Cl)cc(OC)c1OC. The number of methoxy groups -OCH3 is 3. The minimum atomic E-state index is -0.590. The quantitative estimate of drug-likeness (QED) is 0.755. The van der Waals surface area contributed by atoms with Crippen LogP contribution in [0, 0.1) is 0 Å². The molecule has 0 saturated heterocycles. The number of hydrogen-bond donors (Lipinski definition) is 2. The third kappa shape index (κ3) is 4.30. The highest BCUT2D eigenvalue weighted by Gasteiger charge is 2.18. The molecule has 2 rings (SSSR count). The van der Waals surface area contributed by atoms with Gasteiger partial charge in [-0.15, -0.1) is 0 Å². The smallest absolute Gasteiger partial charge is 0.271 e. The van der Waals surface area contributed by atoms with Crippen LogP contribution in [-0.2, 0) is 0 Å². The fourth-order valence-corrected chi connectivity index (χ4v) is 2.63. The number of hydrogen-bond acceptors (Lipinski definition) is 5. The topological polar surface area (TPSA) is 85.9 Å². The highest BCUT2D eigenvalue weighted by molar-refractivity contribution is 6.36. The van der Waals surface area contributed by atoms with Crippen LogP contribution in [0.4, 0.5) is 0 Å². The maximum absolute atomic E-state index is 12.3. The number of ether oxygens (including phenoxy) is 3. The van der Waals surface area contributed by atoms with E-state index < -0.39 is 11.8 Å². The number of hydrazine groups is 1. The summed E-state index contributed by atoms with van der Waals surface area (Å²) in [5, 5.41) is 0.560. The molecule has 0 aromatic heterocycles. The lowest BCUT2D eigenvalue weighted by Gasteiger charge is -2.14. The van der Waals surface area contributed by atoms with Gasteiger partial charge >= 0.3 is 0 Å². The van der Waals surface area contributed by atoms with Gasteiger partial charge in [-0.3, -0.25) is 20.4 Å². The van der Waals surface area contributed by atoms with Gasteiger partial charge in [0.1, 0.15) is 0 Å². The first-order valence-corrected chi connectivity index (χ1v) is 8.02. The van der Waals surface area contributed by atoms with Crippen molar-refractivity contribution in [2.75, 3.05) is 21.3 Å². The van der Waals surface area contributed by atoms with Crippen LogP contribution < -0.4 is 25.1 Å². The number of halogens is 2. The van der Waals surface area contributed by atoms with E-state index in [1.165, 1.54) is 51.7 Å². The molecule has 0 atom stereocenters. The zero-order valence-electron chi connectivity index (χ0n) is 14.2. The van der Waals surface area contributed by atoms with Crippen LogP contribution in [-0.4, -0.2) is 33.1 Å². The average Bonchev–Trinajstić information content (AvgIpc) is 2.64. The van der Waals surface area contributed by atoms with E-state index in [9.17, 15) is 9.59 Å². The molecule has 0 aliphatic carbocycles. The highest BCUT2D eigenvalue weighted by Crippen LogP contribution is 2.38. The van der Waals surface area contributed by atoms with E-state index in [0.717, 1.165) is 0 Å². The van der Waals surface area contributed by atoms with Gasteiger partial charge in [0, 0.05) is 10.6 Å². The first-order chi connectivity index (χ1) is 12.4. The molecule has 0 fully saturated rings. The van der Waals surface area contributed by atoms with Crippen LogP contribution in [0.5, 0.6) is 17.2 Å². The summed E-state index contributed by atoms with van der Waals surface area (Å²) >= 11 is 11.8. The number of rotatable bonds is 5. The molecule has 0 spiro atoms. The molecule has 0 bridgehead atoms. The monoisotopic (exact) mass is 398 g/mol. The minimum Gasteiger partial charge on any atom is -0.493 e. The molecule has 138 valence electrons. The van der Waals surface area contributed by atoms with Crippen LogP contribution in [0.15, 0.2) is 30.3 Å². The van der Waals surface area contributed by atoms with E-state index in [1.54, 1.807) is 0 Å². The third-order valence-corrected chi connectivity index (χ3v) is 3.94. The summed E-state index contributed by atoms with van der Waals surface area (Å²) in [5.74, 6) is -0.202. The van der Waals surface area contributed by atoms with Crippen LogP contribution in [0.1, 0.15) is 20.7 Å². The number of amides is 2. The third-order valence-electron chi connectivity index (χ3n) is 3.39. The fraction of sp³-hybridized carbons (Fsp3) is 0.176. The van der Waals surface area contributed by atoms with Crippen molar-refractivity contribution < 1.29 is 23.8 Å². The Kier molecular flexibility index (Phi) is 6.54. The van der Waals surface area contributed by atoms with Crippen molar-refractivity contribution in [3.63, 3.8) is 0 Å². The summed E-state index contributed by atoms with van der Waals surface area (Å²) in [6.45, 7) is 0. The molecule has 0 unspecified atom stereocenters. The van der Waals surface area contributed by atoms with E-state index in [1.807, 2.05) is 0 Å². The van der Waals surface area contributed by atoms with Crippen molar-refractivity contribution in [1.82, 2.24) is 10.9 Å². The van der Waals surface area contributed by atoms with Gasteiger partial charge in [-0.2, -0.15) is 0 Å². The van der Waals surface area contributed by atoms with Crippen LogP contribution in [0.3, 0.4) is 0 Å². The Morgan fingerprint density at radius 2 is 1.42 bits per heavy atom. The molecule has 2 aromatic carbocycles. The Hall–Kier alpha value is -2.64. The van der Waals surface area contributed by atoms with Crippen molar-refractivity contribution in [2.45, 2.75) is 0 Å². The lowest BCUT2D eigenvalue weighted by Crippen LogP contribution is -2.41. The Bertz CT molecular complexity index is 817. The predicted octanol–water partition coefficient (Wildman–Crippen LogP) is 3.09.